The Labute approximate surface area is 132 Å². The molecule has 0 aromatic heterocycles. The molecule has 116 valence electrons. The molecule has 0 saturated heterocycles. The van der Waals surface area contributed by atoms with Gasteiger partial charge in [-0.3, -0.25) is 14.9 Å². The summed E-state index contributed by atoms with van der Waals surface area (Å²) in [6.07, 6.45) is 0. The number of hydrogen-bond acceptors (Lipinski definition) is 5. The van der Waals surface area contributed by atoms with Crippen molar-refractivity contribution in [3.05, 3.63) is 59.8 Å². The molecule has 6 nitrogen and oxygen atoms in total. The number of hydrogen-bond donors (Lipinski definition) is 3. The third-order valence-electron chi connectivity index (χ3n) is 3.45. The van der Waals surface area contributed by atoms with E-state index in [4.69, 9.17) is 4.74 Å². The van der Waals surface area contributed by atoms with E-state index in [1.54, 1.807) is 43.5 Å². The van der Waals surface area contributed by atoms with E-state index >= 15 is 0 Å². The van der Waals surface area contributed by atoms with Gasteiger partial charge in [-0.1, -0.05) is 12.1 Å². The maximum atomic E-state index is 12.1. The van der Waals surface area contributed by atoms with Crippen molar-refractivity contribution in [1.82, 2.24) is 5.32 Å². The summed E-state index contributed by atoms with van der Waals surface area (Å²) in [5.41, 5.74) is 1.64. The number of carbonyl (C=O) groups is 2. The van der Waals surface area contributed by atoms with Crippen molar-refractivity contribution in [3.8, 4) is 11.5 Å². The minimum Gasteiger partial charge on any atom is -0.508 e. The number of nitrogens with one attached hydrogen (secondary N) is 2. The molecule has 0 unspecified atom stereocenters. The van der Waals surface area contributed by atoms with Crippen LogP contribution >= 0.6 is 0 Å². The van der Waals surface area contributed by atoms with Gasteiger partial charge in [-0.25, -0.2) is 0 Å². The lowest BCUT2D eigenvalue weighted by Gasteiger charge is -2.08. The minimum atomic E-state index is -0.492. The molecule has 3 N–H and O–H groups in total. The maximum absolute atomic E-state index is 12.1. The quantitative estimate of drug-likeness (QED) is 0.593. The standard InChI is InChI=1S/C17H14N2O4/c1-23-13-8-2-10(3-9-13)14-15(17(22)19-16(14)21)18-11-4-6-12(20)7-5-11/h2-9,20H,1H3,(H2,18,19,21,22). The number of carbonyl (C=O) groups excluding carboxylic acids is 2. The number of benzene rings is 2. The van der Waals surface area contributed by atoms with Crippen molar-refractivity contribution in [3.63, 3.8) is 0 Å². The summed E-state index contributed by atoms with van der Waals surface area (Å²) in [5.74, 6) is -0.172. The first-order valence-corrected chi connectivity index (χ1v) is 6.89. The van der Waals surface area contributed by atoms with Crippen LogP contribution < -0.4 is 15.4 Å². The Morgan fingerprint density at radius 1 is 0.957 bits per heavy atom. The SMILES string of the molecule is COc1ccc(C2=C(Nc3ccc(O)cc3)C(=O)NC2=O)cc1. The van der Waals surface area contributed by atoms with E-state index in [2.05, 4.69) is 10.6 Å². The molecular weight excluding hydrogens is 296 g/mol. The number of anilines is 1. The minimum absolute atomic E-state index is 0.117. The molecule has 0 atom stereocenters. The first kappa shape index (κ1) is 14.6. The Morgan fingerprint density at radius 3 is 2.22 bits per heavy atom. The van der Waals surface area contributed by atoms with Crippen molar-refractivity contribution in [1.29, 1.82) is 0 Å². The van der Waals surface area contributed by atoms with E-state index in [0.717, 1.165) is 0 Å². The van der Waals surface area contributed by atoms with Crippen LogP contribution in [-0.2, 0) is 9.59 Å². The number of ether oxygens (including phenoxy) is 1. The average Bonchev–Trinajstić information content (AvgIpc) is 2.83. The summed E-state index contributed by atoms with van der Waals surface area (Å²) in [6.45, 7) is 0. The van der Waals surface area contributed by atoms with Gasteiger partial charge in [0.25, 0.3) is 11.8 Å². The predicted molar refractivity (Wildman–Crippen MR) is 84.8 cm³/mol. The summed E-state index contributed by atoms with van der Waals surface area (Å²) >= 11 is 0. The van der Waals surface area contributed by atoms with Gasteiger partial charge in [0.2, 0.25) is 0 Å². The average molecular weight is 310 g/mol. The fourth-order valence-corrected chi connectivity index (χ4v) is 2.30. The number of amides is 2. The Morgan fingerprint density at radius 2 is 1.61 bits per heavy atom. The van der Waals surface area contributed by atoms with E-state index in [1.165, 1.54) is 12.1 Å². The highest BCUT2D eigenvalue weighted by Gasteiger charge is 2.31. The zero-order valence-electron chi connectivity index (χ0n) is 12.3. The zero-order chi connectivity index (χ0) is 16.4. The van der Waals surface area contributed by atoms with Crippen LogP contribution in [0.4, 0.5) is 5.69 Å². The van der Waals surface area contributed by atoms with E-state index in [1.807, 2.05) is 0 Å². The molecule has 0 radical (unpaired) electrons. The zero-order valence-corrected chi connectivity index (χ0v) is 12.3. The molecule has 0 aliphatic carbocycles. The van der Waals surface area contributed by atoms with Gasteiger partial charge in [-0.15, -0.1) is 0 Å². The molecular formula is C17H14N2O4. The van der Waals surface area contributed by atoms with Gasteiger partial charge < -0.3 is 15.2 Å². The van der Waals surface area contributed by atoms with Crippen molar-refractivity contribution >= 4 is 23.1 Å². The third-order valence-corrected chi connectivity index (χ3v) is 3.45. The van der Waals surface area contributed by atoms with Gasteiger partial charge in [-0.05, 0) is 42.0 Å². The second-order valence-electron chi connectivity index (χ2n) is 4.93. The summed E-state index contributed by atoms with van der Waals surface area (Å²) in [5, 5.41) is 14.5. The third kappa shape index (κ3) is 2.87. The summed E-state index contributed by atoms with van der Waals surface area (Å²) < 4.78 is 5.09. The lowest BCUT2D eigenvalue weighted by Crippen LogP contribution is -2.24. The van der Waals surface area contributed by atoms with Crippen molar-refractivity contribution < 1.29 is 19.4 Å². The number of imide groups is 1. The molecule has 0 fully saturated rings. The molecule has 1 aliphatic rings. The number of aromatic hydroxyl groups is 1. The number of phenolic OH excluding ortho intramolecular Hbond substituents is 1. The predicted octanol–water partition coefficient (Wildman–Crippen LogP) is 1.88. The van der Waals surface area contributed by atoms with Crippen LogP contribution in [0.2, 0.25) is 0 Å². The van der Waals surface area contributed by atoms with Gasteiger partial charge in [-0.2, -0.15) is 0 Å². The number of methoxy groups -OCH3 is 1. The van der Waals surface area contributed by atoms with Crippen LogP contribution in [0.15, 0.2) is 54.2 Å². The largest absolute Gasteiger partial charge is 0.508 e. The second kappa shape index (κ2) is 5.84. The summed E-state index contributed by atoms with van der Waals surface area (Å²) in [6, 6.07) is 13.1. The van der Waals surface area contributed by atoms with Crippen molar-refractivity contribution in [2.75, 3.05) is 12.4 Å². The Kier molecular flexibility index (Phi) is 3.72. The van der Waals surface area contributed by atoms with Crippen LogP contribution in [0, 0.1) is 0 Å². The van der Waals surface area contributed by atoms with E-state index in [0.29, 0.717) is 17.0 Å². The first-order valence-electron chi connectivity index (χ1n) is 6.89. The van der Waals surface area contributed by atoms with Crippen LogP contribution in [0.5, 0.6) is 11.5 Å². The highest BCUT2D eigenvalue weighted by atomic mass is 16.5. The van der Waals surface area contributed by atoms with Gasteiger partial charge in [0, 0.05) is 5.69 Å². The fraction of sp³-hybridized carbons (Fsp3) is 0.0588. The Bertz CT molecular complexity index is 792. The molecule has 0 saturated carbocycles. The Balaban J connectivity index is 2.00. The second-order valence-corrected chi connectivity index (χ2v) is 4.93. The number of rotatable bonds is 4. The van der Waals surface area contributed by atoms with Crippen LogP contribution in [0.1, 0.15) is 5.56 Å². The summed E-state index contributed by atoms with van der Waals surface area (Å²) in [4.78, 5) is 24.1. The molecule has 2 aromatic rings. The van der Waals surface area contributed by atoms with Crippen LogP contribution in [0.25, 0.3) is 5.57 Å². The molecule has 23 heavy (non-hydrogen) atoms. The topological polar surface area (TPSA) is 87.7 Å². The van der Waals surface area contributed by atoms with E-state index in [9.17, 15) is 14.7 Å². The van der Waals surface area contributed by atoms with E-state index < -0.39 is 11.8 Å². The first-order chi connectivity index (χ1) is 11.1. The van der Waals surface area contributed by atoms with Gasteiger partial charge in [0.1, 0.15) is 17.2 Å². The highest BCUT2D eigenvalue weighted by molar-refractivity contribution is 6.36. The molecule has 1 aliphatic heterocycles. The highest BCUT2D eigenvalue weighted by Crippen LogP contribution is 2.27. The lowest BCUT2D eigenvalue weighted by molar-refractivity contribution is -0.123. The normalized spacial score (nSPS) is 14.0. The Hall–Kier alpha value is -3.28. The van der Waals surface area contributed by atoms with Gasteiger partial charge in [0.15, 0.2) is 0 Å². The molecule has 6 heteroatoms. The smallest absolute Gasteiger partial charge is 0.275 e. The van der Waals surface area contributed by atoms with E-state index in [-0.39, 0.29) is 17.0 Å². The van der Waals surface area contributed by atoms with Crippen molar-refractivity contribution in [2.45, 2.75) is 0 Å². The van der Waals surface area contributed by atoms with Crippen LogP contribution in [0.3, 0.4) is 0 Å². The maximum Gasteiger partial charge on any atom is 0.275 e. The molecule has 3 rings (SSSR count). The lowest BCUT2D eigenvalue weighted by atomic mass is 10.0. The number of phenols is 1. The van der Waals surface area contributed by atoms with Crippen LogP contribution in [-0.4, -0.2) is 24.0 Å². The molecule has 1 heterocycles. The van der Waals surface area contributed by atoms with Gasteiger partial charge in [0.05, 0.1) is 12.7 Å². The monoisotopic (exact) mass is 310 g/mol. The summed E-state index contributed by atoms with van der Waals surface area (Å²) in [7, 11) is 1.55. The molecule has 2 amide bonds. The van der Waals surface area contributed by atoms with Gasteiger partial charge >= 0.3 is 0 Å². The molecule has 0 spiro atoms. The fourth-order valence-electron chi connectivity index (χ4n) is 2.30. The molecule has 2 aromatic carbocycles. The van der Waals surface area contributed by atoms with Crippen molar-refractivity contribution in [2.24, 2.45) is 0 Å². The molecule has 0 bridgehead atoms.